The third kappa shape index (κ3) is 8.28. The summed E-state index contributed by atoms with van der Waals surface area (Å²) in [5.74, 6) is 1.46. The summed E-state index contributed by atoms with van der Waals surface area (Å²) < 4.78 is 19.6. The molecule has 4 N–H and O–H groups in total. The molecule has 47 heavy (non-hydrogen) atoms. The van der Waals surface area contributed by atoms with Crippen LogP contribution in [-0.4, -0.2) is 26.9 Å². The number of rotatable bonds is 14. The molecule has 0 radical (unpaired) electrons. The Morgan fingerprint density at radius 2 is 0.681 bits per heavy atom. The molecule has 0 saturated heterocycles. The molecule has 7 heteroatoms. The van der Waals surface area contributed by atoms with Gasteiger partial charge in [-0.1, -0.05) is 146 Å². The van der Waals surface area contributed by atoms with Crippen LogP contribution < -0.4 is 38.1 Å². The zero-order chi connectivity index (χ0) is 32.3. The summed E-state index contributed by atoms with van der Waals surface area (Å²) in [6.45, 7) is 0.169. The molecular formula is C40H38B2N2O3. The van der Waals surface area contributed by atoms with Crippen LogP contribution in [0.3, 0.4) is 0 Å². The third-order valence-corrected chi connectivity index (χ3v) is 8.18. The van der Waals surface area contributed by atoms with E-state index in [1.54, 1.807) is 0 Å². The summed E-state index contributed by atoms with van der Waals surface area (Å²) in [6, 6.07) is 56.8. The summed E-state index contributed by atoms with van der Waals surface area (Å²) in [5.41, 5.74) is 18.6. The summed E-state index contributed by atoms with van der Waals surface area (Å²) >= 11 is 0. The van der Waals surface area contributed by atoms with Crippen molar-refractivity contribution < 1.29 is 14.0 Å². The van der Waals surface area contributed by atoms with Crippen LogP contribution in [-0.2, 0) is 9.31 Å². The number of ether oxygens (including phenoxy) is 1. The quantitative estimate of drug-likeness (QED) is 0.166. The fourth-order valence-corrected chi connectivity index (χ4v) is 5.72. The lowest BCUT2D eigenvalue weighted by Crippen LogP contribution is -2.46. The zero-order valence-corrected chi connectivity index (χ0v) is 26.3. The van der Waals surface area contributed by atoms with Crippen molar-refractivity contribution in [3.8, 4) is 11.5 Å². The Morgan fingerprint density at radius 3 is 1.00 bits per heavy atom. The highest BCUT2D eigenvalue weighted by molar-refractivity contribution is 6.80. The van der Waals surface area contributed by atoms with Gasteiger partial charge in [0.2, 0.25) is 0 Å². The van der Waals surface area contributed by atoms with Gasteiger partial charge in [-0.25, -0.2) is 0 Å². The van der Waals surface area contributed by atoms with Crippen LogP contribution in [0.2, 0.25) is 0 Å². The van der Waals surface area contributed by atoms with Crippen molar-refractivity contribution in [3.05, 3.63) is 181 Å². The Morgan fingerprint density at radius 1 is 0.383 bits per heavy atom. The van der Waals surface area contributed by atoms with Crippen molar-refractivity contribution in [2.75, 3.05) is 13.1 Å². The molecule has 0 spiro atoms. The average molecular weight is 616 g/mol. The Kier molecular flexibility index (Phi) is 11.0. The first-order chi connectivity index (χ1) is 23.2. The molecule has 0 aliphatic rings. The lowest BCUT2D eigenvalue weighted by Gasteiger charge is -2.23. The highest BCUT2D eigenvalue weighted by Crippen LogP contribution is 2.22. The molecule has 0 aliphatic carbocycles. The minimum atomic E-state index is -0.290. The van der Waals surface area contributed by atoms with Gasteiger partial charge in [-0.05, 0) is 57.2 Å². The molecule has 0 heterocycles. The third-order valence-electron chi connectivity index (χ3n) is 8.18. The first-order valence-electron chi connectivity index (χ1n) is 16.0. The molecule has 0 saturated carbocycles. The van der Waals surface area contributed by atoms with Gasteiger partial charge in [0.25, 0.3) is 0 Å². The fraction of sp³-hybridized carbons (Fsp3) is 0.100. The summed E-state index contributed by atoms with van der Waals surface area (Å²) in [5, 5.41) is 0. The van der Waals surface area contributed by atoms with E-state index in [1.807, 2.05) is 97.1 Å². The molecule has 0 bridgehead atoms. The predicted molar refractivity (Wildman–Crippen MR) is 195 cm³/mol. The Balaban J connectivity index is 1.19. The van der Waals surface area contributed by atoms with E-state index in [-0.39, 0.29) is 26.0 Å². The maximum atomic E-state index is 6.67. The van der Waals surface area contributed by atoms with Gasteiger partial charge in [-0.15, -0.1) is 0 Å². The number of hydrogen-bond donors (Lipinski definition) is 2. The first-order valence-corrected chi connectivity index (χ1v) is 16.0. The SMILES string of the molecule is NCC(OB(c1ccccc1)c1ccc(Oc2ccc(B(OC(CN)c3ccccc3)c3ccccc3)cc2)cc1)c1ccccc1. The van der Waals surface area contributed by atoms with Gasteiger partial charge in [0, 0.05) is 13.1 Å². The van der Waals surface area contributed by atoms with E-state index in [1.165, 1.54) is 0 Å². The molecule has 6 aromatic carbocycles. The second-order valence-electron chi connectivity index (χ2n) is 11.4. The first kappa shape index (κ1) is 32.0. The van der Waals surface area contributed by atoms with Crippen LogP contribution in [0.15, 0.2) is 170 Å². The number of benzene rings is 6. The Bertz CT molecular complexity index is 1640. The maximum absolute atomic E-state index is 6.67. The second-order valence-corrected chi connectivity index (χ2v) is 11.4. The van der Waals surface area contributed by atoms with Crippen molar-refractivity contribution in [1.29, 1.82) is 0 Å². The molecule has 0 aliphatic heterocycles. The van der Waals surface area contributed by atoms with Crippen LogP contribution in [0.5, 0.6) is 11.5 Å². The highest BCUT2D eigenvalue weighted by atomic mass is 16.5. The highest BCUT2D eigenvalue weighted by Gasteiger charge is 2.27. The minimum Gasteiger partial charge on any atom is -0.457 e. The monoisotopic (exact) mass is 616 g/mol. The normalized spacial score (nSPS) is 12.2. The molecule has 232 valence electrons. The lowest BCUT2D eigenvalue weighted by atomic mass is 9.55. The molecule has 6 rings (SSSR count). The fourth-order valence-electron chi connectivity index (χ4n) is 5.72. The molecule has 0 aromatic heterocycles. The molecule has 2 atom stereocenters. The summed E-state index contributed by atoms with van der Waals surface area (Å²) in [7, 11) is 0. The van der Waals surface area contributed by atoms with Crippen molar-refractivity contribution in [2.24, 2.45) is 11.5 Å². The average Bonchev–Trinajstić information content (AvgIpc) is 3.15. The van der Waals surface area contributed by atoms with Gasteiger partial charge in [0.15, 0.2) is 0 Å². The van der Waals surface area contributed by atoms with E-state index < -0.39 is 0 Å². The van der Waals surface area contributed by atoms with Crippen molar-refractivity contribution in [3.63, 3.8) is 0 Å². The topological polar surface area (TPSA) is 79.7 Å². The van der Waals surface area contributed by atoms with Crippen molar-refractivity contribution in [2.45, 2.75) is 12.2 Å². The van der Waals surface area contributed by atoms with Crippen molar-refractivity contribution >= 4 is 35.7 Å². The van der Waals surface area contributed by atoms with E-state index in [2.05, 4.69) is 72.8 Å². The summed E-state index contributed by atoms with van der Waals surface area (Å²) in [4.78, 5) is 0. The van der Waals surface area contributed by atoms with E-state index in [0.29, 0.717) is 13.1 Å². The molecule has 0 amide bonds. The van der Waals surface area contributed by atoms with Crippen LogP contribution in [0.4, 0.5) is 0 Å². The molecule has 6 aromatic rings. The standard InChI is InChI=1S/C40H38B2N2O3/c43-29-39(31-13-5-1-6-14-31)46-41(33-17-9-3-10-18-33)35-21-25-37(26-22-35)45-38-27-23-36(24-28-38)42(34-19-11-4-12-20-34)47-40(30-44)32-15-7-2-8-16-32/h1-28,39-40H,29-30,43-44H2. The number of hydrogen-bond acceptors (Lipinski definition) is 5. The van der Waals surface area contributed by atoms with Crippen LogP contribution in [0.1, 0.15) is 23.3 Å². The van der Waals surface area contributed by atoms with Gasteiger partial charge in [-0.3, -0.25) is 0 Å². The van der Waals surface area contributed by atoms with Crippen LogP contribution in [0.25, 0.3) is 0 Å². The predicted octanol–water partition coefficient (Wildman–Crippen LogP) is 5.12. The van der Waals surface area contributed by atoms with E-state index in [9.17, 15) is 0 Å². The maximum Gasteiger partial charge on any atom is 0.362 e. The van der Waals surface area contributed by atoms with Crippen LogP contribution >= 0.6 is 0 Å². The van der Waals surface area contributed by atoms with Crippen LogP contribution in [0, 0.1) is 0 Å². The van der Waals surface area contributed by atoms with Gasteiger partial charge < -0.3 is 25.5 Å². The molecule has 0 fully saturated rings. The Labute approximate surface area is 278 Å². The van der Waals surface area contributed by atoms with E-state index >= 15 is 0 Å². The zero-order valence-electron chi connectivity index (χ0n) is 26.3. The van der Waals surface area contributed by atoms with Gasteiger partial charge in [0.1, 0.15) is 11.5 Å². The van der Waals surface area contributed by atoms with Gasteiger partial charge in [0.05, 0.1) is 12.2 Å². The lowest BCUT2D eigenvalue weighted by molar-refractivity contribution is 0.223. The minimum absolute atomic E-state index is 0.243. The smallest absolute Gasteiger partial charge is 0.362 e. The van der Waals surface area contributed by atoms with Gasteiger partial charge >= 0.3 is 13.8 Å². The largest absolute Gasteiger partial charge is 0.457 e. The number of nitrogens with two attached hydrogens (primary N) is 2. The summed E-state index contributed by atoms with van der Waals surface area (Å²) in [6.07, 6.45) is -0.486. The van der Waals surface area contributed by atoms with Crippen molar-refractivity contribution in [1.82, 2.24) is 0 Å². The van der Waals surface area contributed by atoms with Gasteiger partial charge in [-0.2, -0.15) is 0 Å². The molecular weight excluding hydrogens is 578 g/mol. The molecule has 5 nitrogen and oxygen atoms in total. The van der Waals surface area contributed by atoms with E-state index in [0.717, 1.165) is 44.5 Å². The molecule has 2 unspecified atom stereocenters. The second kappa shape index (κ2) is 16.1. The Hall–Kier alpha value is -4.91. The van der Waals surface area contributed by atoms with E-state index in [4.69, 9.17) is 25.5 Å².